The Morgan fingerprint density at radius 2 is 2.00 bits per heavy atom. The number of hydrogen-bond acceptors (Lipinski definition) is 3. The highest BCUT2D eigenvalue weighted by Crippen LogP contribution is 2.40. The molecule has 1 aromatic rings. The lowest BCUT2D eigenvalue weighted by Gasteiger charge is -2.07. The number of nitro groups is 1. The van der Waals surface area contributed by atoms with E-state index in [1.165, 1.54) is 6.92 Å². The van der Waals surface area contributed by atoms with Crippen molar-refractivity contribution in [3.8, 4) is 0 Å². The number of nitro benzene ring substituents is 1. The van der Waals surface area contributed by atoms with Crippen LogP contribution in [0, 0.1) is 17.0 Å². The molecule has 0 radical (unpaired) electrons. The summed E-state index contributed by atoms with van der Waals surface area (Å²) in [4.78, 5) is 9.87. The highest BCUT2D eigenvalue weighted by molar-refractivity contribution is 9.10. The zero-order chi connectivity index (χ0) is 12.5. The van der Waals surface area contributed by atoms with Gasteiger partial charge in [0.1, 0.15) is 0 Å². The van der Waals surface area contributed by atoms with E-state index in [0.29, 0.717) is 0 Å². The molecule has 0 aliphatic heterocycles. The Hall–Kier alpha value is -0.760. The first-order valence-electron chi connectivity index (χ1n) is 3.91. The van der Waals surface area contributed by atoms with Crippen molar-refractivity contribution < 1.29 is 18.1 Å². The zero-order valence-corrected chi connectivity index (χ0v) is 10.2. The molecule has 0 unspecified atom stereocenters. The lowest BCUT2D eigenvalue weighted by Crippen LogP contribution is -2.00. The van der Waals surface area contributed by atoms with Crippen LogP contribution in [0.3, 0.4) is 0 Å². The Balaban J connectivity index is 3.15. The van der Waals surface area contributed by atoms with Gasteiger partial charge in [-0.3, -0.25) is 10.1 Å². The molecule has 0 N–H and O–H groups in total. The number of alkyl halides is 3. The molecule has 3 nitrogen and oxygen atoms in total. The van der Waals surface area contributed by atoms with Gasteiger partial charge in [0, 0.05) is 10.5 Å². The maximum Gasteiger partial charge on any atom is 0.446 e. The lowest BCUT2D eigenvalue weighted by molar-refractivity contribution is -0.386. The zero-order valence-electron chi connectivity index (χ0n) is 7.84. The molecule has 1 aromatic carbocycles. The van der Waals surface area contributed by atoms with Crippen LogP contribution in [0.1, 0.15) is 5.56 Å². The minimum Gasteiger partial charge on any atom is -0.258 e. The molecule has 0 aliphatic carbocycles. The van der Waals surface area contributed by atoms with Crippen LogP contribution in [0.15, 0.2) is 21.5 Å². The van der Waals surface area contributed by atoms with Gasteiger partial charge in [0.2, 0.25) is 0 Å². The van der Waals surface area contributed by atoms with Crippen molar-refractivity contribution in [2.75, 3.05) is 0 Å². The van der Waals surface area contributed by atoms with Crippen molar-refractivity contribution in [3.05, 3.63) is 32.3 Å². The van der Waals surface area contributed by atoms with Crippen LogP contribution in [-0.4, -0.2) is 10.4 Å². The molecule has 0 spiro atoms. The van der Waals surface area contributed by atoms with Gasteiger partial charge in [-0.15, -0.1) is 0 Å². The van der Waals surface area contributed by atoms with Crippen molar-refractivity contribution in [3.63, 3.8) is 0 Å². The number of aryl methyl sites for hydroxylation is 1. The first-order valence-corrected chi connectivity index (χ1v) is 5.52. The summed E-state index contributed by atoms with van der Waals surface area (Å²) in [6.07, 6.45) is 0. The van der Waals surface area contributed by atoms with Crippen molar-refractivity contribution >= 4 is 33.4 Å². The van der Waals surface area contributed by atoms with Gasteiger partial charge >= 0.3 is 5.51 Å². The predicted molar refractivity (Wildman–Crippen MR) is 57.4 cm³/mol. The average Bonchev–Trinajstić information content (AvgIpc) is 1.96. The second-order valence-corrected chi connectivity index (χ2v) is 4.87. The molecule has 16 heavy (non-hydrogen) atoms. The number of hydrogen-bond donors (Lipinski definition) is 0. The highest BCUT2D eigenvalue weighted by atomic mass is 79.9. The van der Waals surface area contributed by atoms with E-state index in [1.807, 2.05) is 0 Å². The van der Waals surface area contributed by atoms with Gasteiger partial charge in [0.15, 0.2) is 0 Å². The van der Waals surface area contributed by atoms with Crippen LogP contribution in [0.25, 0.3) is 0 Å². The Morgan fingerprint density at radius 3 is 2.38 bits per heavy atom. The lowest BCUT2D eigenvalue weighted by atomic mass is 10.2. The molecular formula is C8H5BrF3NO2S. The van der Waals surface area contributed by atoms with Gasteiger partial charge in [0.05, 0.1) is 9.40 Å². The van der Waals surface area contributed by atoms with Gasteiger partial charge in [-0.25, -0.2) is 0 Å². The van der Waals surface area contributed by atoms with E-state index < -0.39 is 10.4 Å². The Morgan fingerprint density at radius 1 is 1.44 bits per heavy atom. The molecule has 0 fully saturated rings. The minimum absolute atomic E-state index is 0.0456. The fourth-order valence-electron chi connectivity index (χ4n) is 1.13. The third-order valence-electron chi connectivity index (χ3n) is 1.64. The third-order valence-corrected chi connectivity index (χ3v) is 2.95. The number of nitrogens with zero attached hydrogens (tertiary/aromatic N) is 1. The summed E-state index contributed by atoms with van der Waals surface area (Å²) in [7, 11) is 0. The van der Waals surface area contributed by atoms with E-state index in [-0.39, 0.29) is 32.4 Å². The second kappa shape index (κ2) is 4.62. The van der Waals surface area contributed by atoms with Crippen LogP contribution in [0.5, 0.6) is 0 Å². The Bertz CT molecular complexity index is 413. The molecule has 0 aromatic heterocycles. The predicted octanol–water partition coefficient (Wildman–Crippen LogP) is 4.28. The van der Waals surface area contributed by atoms with Gasteiger partial charge in [-0.2, -0.15) is 13.2 Å². The van der Waals surface area contributed by atoms with Crippen LogP contribution < -0.4 is 0 Å². The summed E-state index contributed by atoms with van der Waals surface area (Å²) < 4.78 is 36.3. The Labute approximate surface area is 101 Å². The summed E-state index contributed by atoms with van der Waals surface area (Å²) in [6.45, 7) is 1.39. The van der Waals surface area contributed by atoms with E-state index >= 15 is 0 Å². The molecule has 0 atom stereocenters. The summed E-state index contributed by atoms with van der Waals surface area (Å²) in [5, 5.41) is 10.6. The first kappa shape index (κ1) is 13.3. The SMILES string of the molecule is Cc1cc(SC(F)(F)F)cc(Br)c1[N+](=O)[O-]. The molecule has 1 rings (SSSR count). The number of halogens is 4. The average molecular weight is 316 g/mol. The number of thioether (sulfide) groups is 1. The number of benzene rings is 1. The fraction of sp³-hybridized carbons (Fsp3) is 0.250. The minimum atomic E-state index is -4.40. The molecule has 0 aliphatic rings. The third kappa shape index (κ3) is 3.38. The second-order valence-electron chi connectivity index (χ2n) is 2.88. The highest BCUT2D eigenvalue weighted by Gasteiger charge is 2.30. The van der Waals surface area contributed by atoms with Gasteiger partial charge in [-0.05, 0) is 46.7 Å². The van der Waals surface area contributed by atoms with E-state index in [4.69, 9.17) is 0 Å². The summed E-state index contributed by atoms with van der Waals surface area (Å²) in [5.74, 6) is 0. The van der Waals surface area contributed by atoms with Gasteiger partial charge in [0.25, 0.3) is 5.69 Å². The smallest absolute Gasteiger partial charge is 0.258 e. The summed E-state index contributed by atoms with van der Waals surface area (Å²) >= 11 is 2.58. The van der Waals surface area contributed by atoms with Crippen LogP contribution in [0.4, 0.5) is 18.9 Å². The normalized spacial score (nSPS) is 11.6. The molecule has 88 valence electrons. The Kier molecular flexibility index (Phi) is 3.84. The van der Waals surface area contributed by atoms with Crippen molar-refractivity contribution in [1.29, 1.82) is 0 Å². The van der Waals surface area contributed by atoms with E-state index in [0.717, 1.165) is 12.1 Å². The number of rotatable bonds is 2. The molecule has 0 bridgehead atoms. The summed E-state index contributed by atoms with van der Waals surface area (Å²) in [5.41, 5.74) is -4.43. The molecule has 0 saturated carbocycles. The van der Waals surface area contributed by atoms with Crippen molar-refractivity contribution in [2.24, 2.45) is 0 Å². The maximum atomic E-state index is 12.1. The molecular weight excluding hydrogens is 311 g/mol. The monoisotopic (exact) mass is 315 g/mol. The van der Waals surface area contributed by atoms with Crippen LogP contribution >= 0.6 is 27.7 Å². The van der Waals surface area contributed by atoms with E-state index in [1.54, 1.807) is 0 Å². The van der Waals surface area contributed by atoms with E-state index in [9.17, 15) is 23.3 Å². The van der Waals surface area contributed by atoms with Crippen LogP contribution in [0.2, 0.25) is 0 Å². The summed E-state index contributed by atoms with van der Waals surface area (Å²) in [6, 6.07) is 2.23. The van der Waals surface area contributed by atoms with Crippen LogP contribution in [-0.2, 0) is 0 Å². The van der Waals surface area contributed by atoms with E-state index in [2.05, 4.69) is 15.9 Å². The van der Waals surface area contributed by atoms with Gasteiger partial charge < -0.3 is 0 Å². The fourth-order valence-corrected chi connectivity index (χ4v) is 2.66. The molecule has 8 heteroatoms. The standard InChI is InChI=1S/C8H5BrF3NO2S/c1-4-2-5(16-8(10,11)12)3-6(9)7(4)13(14)15/h2-3H,1H3. The molecule has 0 amide bonds. The van der Waals surface area contributed by atoms with Gasteiger partial charge in [-0.1, -0.05) is 0 Å². The topological polar surface area (TPSA) is 43.1 Å². The maximum absolute atomic E-state index is 12.1. The molecule has 0 saturated heterocycles. The van der Waals surface area contributed by atoms with Crippen molar-refractivity contribution in [2.45, 2.75) is 17.3 Å². The molecule has 0 heterocycles. The quantitative estimate of drug-likeness (QED) is 0.465. The largest absolute Gasteiger partial charge is 0.446 e. The van der Waals surface area contributed by atoms with Crippen molar-refractivity contribution in [1.82, 2.24) is 0 Å². The first-order chi connectivity index (χ1) is 7.20.